The fourth-order valence-corrected chi connectivity index (χ4v) is 2.35. The third-order valence-electron chi connectivity index (χ3n) is 3.52. The maximum atomic E-state index is 12.0. The number of para-hydroxylation sites is 1. The third kappa shape index (κ3) is 3.64. The van der Waals surface area contributed by atoms with E-state index in [2.05, 4.69) is 15.6 Å². The Bertz CT molecular complexity index is 800. The highest BCUT2D eigenvalue weighted by Gasteiger charge is 2.10. The van der Waals surface area contributed by atoms with Gasteiger partial charge >= 0.3 is 6.03 Å². The second-order valence-electron chi connectivity index (χ2n) is 5.14. The molecule has 0 saturated carbocycles. The Morgan fingerprint density at radius 2 is 1.83 bits per heavy atom. The van der Waals surface area contributed by atoms with Gasteiger partial charge in [0.2, 0.25) is 0 Å². The van der Waals surface area contributed by atoms with Gasteiger partial charge in [0.1, 0.15) is 0 Å². The maximum Gasteiger partial charge on any atom is 0.319 e. The number of hydrogen-bond acceptors (Lipinski definition) is 3. The second-order valence-corrected chi connectivity index (χ2v) is 5.14. The number of hydrogen-bond donors (Lipinski definition) is 3. The van der Waals surface area contributed by atoms with Gasteiger partial charge in [-0.15, -0.1) is 0 Å². The SMILES string of the molecule is O=C(NCC(O)c1ccccc1)Nc1cccc2cccnc12. The monoisotopic (exact) mass is 307 g/mol. The zero-order chi connectivity index (χ0) is 16.1. The molecule has 3 aromatic rings. The molecule has 3 rings (SSSR count). The molecule has 1 unspecified atom stereocenters. The van der Waals surface area contributed by atoms with Gasteiger partial charge in [-0.3, -0.25) is 4.98 Å². The van der Waals surface area contributed by atoms with Gasteiger partial charge in [-0.1, -0.05) is 48.5 Å². The van der Waals surface area contributed by atoms with Crippen LogP contribution < -0.4 is 10.6 Å². The van der Waals surface area contributed by atoms with Gasteiger partial charge in [-0.05, 0) is 17.7 Å². The van der Waals surface area contributed by atoms with E-state index in [-0.39, 0.29) is 12.6 Å². The number of nitrogens with one attached hydrogen (secondary N) is 2. The minimum Gasteiger partial charge on any atom is -0.387 e. The Morgan fingerprint density at radius 3 is 2.65 bits per heavy atom. The number of benzene rings is 2. The summed E-state index contributed by atoms with van der Waals surface area (Å²) < 4.78 is 0. The number of aromatic nitrogens is 1. The van der Waals surface area contributed by atoms with Crippen LogP contribution in [0.25, 0.3) is 10.9 Å². The summed E-state index contributed by atoms with van der Waals surface area (Å²) in [6.07, 6.45) is 0.942. The highest BCUT2D eigenvalue weighted by Crippen LogP contribution is 2.20. The van der Waals surface area contributed by atoms with Crippen molar-refractivity contribution in [3.8, 4) is 0 Å². The number of carbonyl (C=O) groups is 1. The highest BCUT2D eigenvalue weighted by atomic mass is 16.3. The lowest BCUT2D eigenvalue weighted by Crippen LogP contribution is -2.32. The molecule has 5 nitrogen and oxygen atoms in total. The number of aliphatic hydroxyl groups is 1. The molecule has 0 fully saturated rings. The summed E-state index contributed by atoms with van der Waals surface area (Å²) in [4.78, 5) is 16.3. The summed E-state index contributed by atoms with van der Waals surface area (Å²) in [6, 6.07) is 18.2. The van der Waals surface area contributed by atoms with Crippen LogP contribution in [0.2, 0.25) is 0 Å². The summed E-state index contributed by atoms with van der Waals surface area (Å²) in [7, 11) is 0. The number of rotatable bonds is 4. The molecule has 116 valence electrons. The highest BCUT2D eigenvalue weighted by molar-refractivity contribution is 5.99. The van der Waals surface area contributed by atoms with Crippen molar-refractivity contribution in [1.82, 2.24) is 10.3 Å². The van der Waals surface area contributed by atoms with Crippen molar-refractivity contribution in [3.05, 3.63) is 72.4 Å². The van der Waals surface area contributed by atoms with E-state index >= 15 is 0 Å². The Labute approximate surface area is 134 Å². The van der Waals surface area contributed by atoms with E-state index < -0.39 is 6.10 Å². The molecule has 0 spiro atoms. The maximum absolute atomic E-state index is 12.0. The summed E-state index contributed by atoms with van der Waals surface area (Å²) in [6.45, 7) is 0.133. The molecule has 0 aliphatic carbocycles. The van der Waals surface area contributed by atoms with Crippen molar-refractivity contribution >= 4 is 22.6 Å². The third-order valence-corrected chi connectivity index (χ3v) is 3.52. The van der Waals surface area contributed by atoms with Crippen LogP contribution in [-0.2, 0) is 0 Å². The molecule has 2 amide bonds. The number of nitrogens with zero attached hydrogens (tertiary/aromatic N) is 1. The Balaban J connectivity index is 1.63. The summed E-state index contributed by atoms with van der Waals surface area (Å²) in [5, 5.41) is 16.4. The van der Waals surface area contributed by atoms with Gasteiger partial charge in [0.15, 0.2) is 0 Å². The number of anilines is 1. The van der Waals surface area contributed by atoms with Crippen LogP contribution >= 0.6 is 0 Å². The number of carbonyl (C=O) groups excluding carboxylic acids is 1. The normalized spacial score (nSPS) is 11.9. The minimum atomic E-state index is -0.743. The summed E-state index contributed by atoms with van der Waals surface area (Å²) >= 11 is 0. The minimum absolute atomic E-state index is 0.133. The van der Waals surface area contributed by atoms with E-state index in [1.165, 1.54) is 0 Å². The van der Waals surface area contributed by atoms with Crippen LogP contribution in [0.5, 0.6) is 0 Å². The predicted molar refractivity (Wildman–Crippen MR) is 90.2 cm³/mol. The smallest absolute Gasteiger partial charge is 0.319 e. The molecule has 2 aromatic carbocycles. The molecule has 3 N–H and O–H groups in total. The number of urea groups is 1. The van der Waals surface area contributed by atoms with E-state index in [0.717, 1.165) is 16.5 Å². The van der Waals surface area contributed by atoms with E-state index in [0.29, 0.717) is 5.69 Å². The molecule has 1 heterocycles. The van der Waals surface area contributed by atoms with Crippen molar-refractivity contribution in [2.24, 2.45) is 0 Å². The first kappa shape index (κ1) is 15.0. The van der Waals surface area contributed by atoms with Crippen molar-refractivity contribution in [3.63, 3.8) is 0 Å². The lowest BCUT2D eigenvalue weighted by molar-refractivity contribution is 0.175. The molecule has 0 saturated heterocycles. The number of fused-ring (bicyclic) bond motifs is 1. The van der Waals surface area contributed by atoms with Crippen LogP contribution in [0, 0.1) is 0 Å². The quantitative estimate of drug-likeness (QED) is 0.693. The molecule has 0 radical (unpaired) electrons. The molecule has 23 heavy (non-hydrogen) atoms. The van der Waals surface area contributed by atoms with E-state index in [4.69, 9.17) is 0 Å². The zero-order valence-corrected chi connectivity index (χ0v) is 12.4. The first-order valence-corrected chi connectivity index (χ1v) is 7.35. The van der Waals surface area contributed by atoms with E-state index in [1.807, 2.05) is 54.6 Å². The molecule has 1 atom stereocenters. The summed E-state index contributed by atoms with van der Waals surface area (Å²) in [5.74, 6) is 0. The lowest BCUT2D eigenvalue weighted by Gasteiger charge is -2.13. The van der Waals surface area contributed by atoms with Crippen LogP contribution in [0.4, 0.5) is 10.5 Å². The van der Waals surface area contributed by atoms with Gasteiger partial charge in [0, 0.05) is 18.1 Å². The Kier molecular flexibility index (Phi) is 4.49. The Morgan fingerprint density at radius 1 is 1.04 bits per heavy atom. The van der Waals surface area contributed by atoms with Crippen molar-refractivity contribution < 1.29 is 9.90 Å². The number of pyridine rings is 1. The standard InChI is InChI=1S/C18H17N3O2/c22-16(13-6-2-1-3-7-13)12-20-18(23)21-15-10-4-8-14-9-5-11-19-17(14)15/h1-11,16,22H,12H2,(H2,20,21,23). The number of aliphatic hydroxyl groups excluding tert-OH is 1. The van der Waals surface area contributed by atoms with Crippen LogP contribution in [-0.4, -0.2) is 22.7 Å². The predicted octanol–water partition coefficient (Wildman–Crippen LogP) is 3.09. The molecule has 0 aliphatic heterocycles. The van der Waals surface area contributed by atoms with Crippen molar-refractivity contribution in [2.75, 3.05) is 11.9 Å². The van der Waals surface area contributed by atoms with Crippen LogP contribution in [0.3, 0.4) is 0 Å². The van der Waals surface area contributed by atoms with Crippen molar-refractivity contribution in [1.29, 1.82) is 0 Å². The zero-order valence-electron chi connectivity index (χ0n) is 12.4. The molecular formula is C18H17N3O2. The fraction of sp³-hybridized carbons (Fsp3) is 0.111. The molecule has 0 aliphatic rings. The summed E-state index contributed by atoms with van der Waals surface area (Å²) in [5.41, 5.74) is 2.13. The van der Waals surface area contributed by atoms with Crippen molar-refractivity contribution in [2.45, 2.75) is 6.10 Å². The first-order valence-electron chi connectivity index (χ1n) is 7.35. The largest absolute Gasteiger partial charge is 0.387 e. The molecular weight excluding hydrogens is 290 g/mol. The Hall–Kier alpha value is -2.92. The average Bonchev–Trinajstić information content (AvgIpc) is 2.61. The second kappa shape index (κ2) is 6.89. The van der Waals surface area contributed by atoms with Gasteiger partial charge < -0.3 is 15.7 Å². The molecule has 0 bridgehead atoms. The average molecular weight is 307 g/mol. The van der Waals surface area contributed by atoms with Gasteiger partial charge in [0.25, 0.3) is 0 Å². The molecule has 5 heteroatoms. The van der Waals surface area contributed by atoms with Gasteiger partial charge in [-0.2, -0.15) is 0 Å². The van der Waals surface area contributed by atoms with Gasteiger partial charge in [-0.25, -0.2) is 4.79 Å². The molecule has 1 aromatic heterocycles. The van der Waals surface area contributed by atoms with E-state index in [9.17, 15) is 9.90 Å². The topological polar surface area (TPSA) is 74.2 Å². The van der Waals surface area contributed by atoms with Gasteiger partial charge in [0.05, 0.1) is 17.3 Å². The van der Waals surface area contributed by atoms with Crippen LogP contribution in [0.1, 0.15) is 11.7 Å². The van der Waals surface area contributed by atoms with Crippen LogP contribution in [0.15, 0.2) is 66.9 Å². The fourth-order valence-electron chi connectivity index (χ4n) is 2.35. The number of amides is 2. The first-order chi connectivity index (χ1) is 11.2. The lowest BCUT2D eigenvalue weighted by atomic mass is 10.1. The van der Waals surface area contributed by atoms with E-state index in [1.54, 1.807) is 12.3 Å².